The molecule has 0 saturated heterocycles. The Hall–Kier alpha value is -0.780. The molecule has 5 heteroatoms. The Bertz CT molecular complexity index is 278. The predicted molar refractivity (Wildman–Crippen MR) is 51.3 cm³/mol. The van der Waals surface area contributed by atoms with E-state index >= 15 is 0 Å². The van der Waals surface area contributed by atoms with Gasteiger partial charge in [0.25, 0.3) is 0 Å². The number of anilines is 2. The largest absolute Gasteiger partial charge is 0.733 e. The summed E-state index contributed by atoms with van der Waals surface area (Å²) in [4.78, 5) is 0. The van der Waals surface area contributed by atoms with Gasteiger partial charge in [-0.05, 0) is 18.2 Å². The summed E-state index contributed by atoms with van der Waals surface area (Å²) in [6, 6.07) is 5.00. The van der Waals surface area contributed by atoms with Gasteiger partial charge in [-0.25, -0.2) is 0 Å². The van der Waals surface area contributed by atoms with Crippen molar-refractivity contribution in [1.29, 1.82) is 0 Å². The van der Waals surface area contributed by atoms with E-state index in [1.165, 1.54) is 6.07 Å². The second-order valence-corrected chi connectivity index (χ2v) is 3.10. The lowest BCUT2D eigenvalue weighted by Gasteiger charge is -2.24. The zero-order chi connectivity index (χ0) is 9.14. The Morgan fingerprint density at radius 2 is 2.25 bits per heavy atom. The third kappa shape index (κ3) is 1.88. The molecule has 0 radical (unpaired) electrons. The van der Waals surface area contributed by atoms with Gasteiger partial charge in [0.1, 0.15) is 0 Å². The van der Waals surface area contributed by atoms with Crippen LogP contribution in [-0.4, -0.2) is 12.3 Å². The van der Waals surface area contributed by atoms with Crippen LogP contribution in [0.4, 0.5) is 11.4 Å². The van der Waals surface area contributed by atoms with Gasteiger partial charge >= 0.3 is 0 Å². The summed E-state index contributed by atoms with van der Waals surface area (Å²) in [5.41, 5.74) is 0.766. The van der Waals surface area contributed by atoms with Crippen molar-refractivity contribution >= 4 is 27.3 Å². The molecule has 0 aromatic heterocycles. The average Bonchev–Trinajstić information content (AvgIpc) is 2.04. The number of hydrogen-bond acceptors (Lipinski definition) is 4. The fraction of sp³-hybridized carbons (Fsp3) is 0.143. The van der Waals surface area contributed by atoms with Crippen molar-refractivity contribution in [1.82, 2.24) is 0 Å². The summed E-state index contributed by atoms with van der Waals surface area (Å²) >= 11 is 3.19. The van der Waals surface area contributed by atoms with Crippen LogP contribution in [0.1, 0.15) is 0 Å². The van der Waals surface area contributed by atoms with Crippen molar-refractivity contribution in [3.05, 3.63) is 27.9 Å². The van der Waals surface area contributed by atoms with Crippen molar-refractivity contribution in [2.24, 2.45) is 0 Å². The number of halogens is 1. The van der Waals surface area contributed by atoms with Crippen LogP contribution in [0.25, 0.3) is 0 Å². The summed E-state index contributed by atoms with van der Waals surface area (Å²) in [6.07, 6.45) is 0. The molecule has 0 spiro atoms. The molecule has 2 N–H and O–H groups in total. The SMILES string of the molecule is CNc1ccc(Br)cc1N([O-])O. The molecular formula is C7H8BrN2O2-. The van der Waals surface area contributed by atoms with Crippen LogP contribution in [-0.2, 0) is 0 Å². The lowest BCUT2D eigenvalue weighted by molar-refractivity contribution is 0.297. The summed E-state index contributed by atoms with van der Waals surface area (Å²) in [5.74, 6) is 0. The van der Waals surface area contributed by atoms with E-state index in [1.807, 2.05) is 0 Å². The summed E-state index contributed by atoms with van der Waals surface area (Å²) < 4.78 is 0.742. The second kappa shape index (κ2) is 3.75. The van der Waals surface area contributed by atoms with Gasteiger partial charge in [0.15, 0.2) is 0 Å². The minimum Gasteiger partial charge on any atom is -0.733 e. The zero-order valence-corrected chi connectivity index (χ0v) is 8.00. The molecule has 1 aromatic carbocycles. The van der Waals surface area contributed by atoms with Gasteiger partial charge in [-0.3, -0.25) is 5.21 Å². The molecule has 0 aliphatic heterocycles. The maximum Gasteiger partial charge on any atom is 0.0752 e. The minimum absolute atomic E-state index is 0.170. The highest BCUT2D eigenvalue weighted by Gasteiger charge is 2.00. The van der Waals surface area contributed by atoms with Crippen molar-refractivity contribution in [3.63, 3.8) is 0 Å². The van der Waals surface area contributed by atoms with Gasteiger partial charge in [0.2, 0.25) is 0 Å². The normalized spacial score (nSPS) is 9.67. The van der Waals surface area contributed by atoms with Crippen LogP contribution in [0.15, 0.2) is 22.7 Å². The predicted octanol–water partition coefficient (Wildman–Crippen LogP) is 2.18. The first-order chi connectivity index (χ1) is 5.65. The molecule has 0 aliphatic rings. The molecule has 0 atom stereocenters. The van der Waals surface area contributed by atoms with E-state index in [4.69, 9.17) is 5.21 Å². The lowest BCUT2D eigenvalue weighted by atomic mass is 10.3. The van der Waals surface area contributed by atoms with Crippen LogP contribution in [0, 0.1) is 5.21 Å². The molecule has 0 fully saturated rings. The third-order valence-electron chi connectivity index (χ3n) is 1.44. The third-order valence-corrected chi connectivity index (χ3v) is 1.93. The maximum atomic E-state index is 10.6. The van der Waals surface area contributed by atoms with Gasteiger partial charge in [-0.2, -0.15) is 0 Å². The van der Waals surface area contributed by atoms with Crippen LogP contribution < -0.4 is 10.5 Å². The Labute approximate surface area is 78.5 Å². The molecule has 1 aromatic rings. The van der Waals surface area contributed by atoms with Gasteiger partial charge in [-0.1, -0.05) is 15.9 Å². The van der Waals surface area contributed by atoms with Crippen LogP contribution in [0.2, 0.25) is 0 Å². The highest BCUT2D eigenvalue weighted by molar-refractivity contribution is 9.10. The molecule has 0 bridgehead atoms. The fourth-order valence-electron chi connectivity index (χ4n) is 0.874. The highest BCUT2D eigenvalue weighted by atomic mass is 79.9. The molecule has 0 saturated carbocycles. The first-order valence-corrected chi connectivity index (χ1v) is 4.08. The number of benzene rings is 1. The number of rotatable bonds is 2. The smallest absolute Gasteiger partial charge is 0.0752 e. The summed E-state index contributed by atoms with van der Waals surface area (Å²) in [6.45, 7) is 0. The Kier molecular flexibility index (Phi) is 2.91. The van der Waals surface area contributed by atoms with Crippen molar-refractivity contribution in [3.8, 4) is 0 Å². The Morgan fingerprint density at radius 1 is 1.58 bits per heavy atom. The summed E-state index contributed by atoms with van der Waals surface area (Å²) in [7, 11) is 1.68. The van der Waals surface area contributed by atoms with E-state index in [9.17, 15) is 5.21 Å². The monoisotopic (exact) mass is 231 g/mol. The van der Waals surface area contributed by atoms with Gasteiger partial charge < -0.3 is 15.8 Å². The molecule has 0 amide bonds. The molecule has 1 rings (SSSR count). The van der Waals surface area contributed by atoms with Crippen molar-refractivity contribution < 1.29 is 5.21 Å². The zero-order valence-electron chi connectivity index (χ0n) is 6.41. The highest BCUT2D eigenvalue weighted by Crippen LogP contribution is 2.27. The molecule has 0 heterocycles. The number of hydrogen-bond donors (Lipinski definition) is 2. The molecule has 0 aliphatic carbocycles. The molecular weight excluding hydrogens is 224 g/mol. The molecule has 12 heavy (non-hydrogen) atoms. The summed E-state index contributed by atoms with van der Waals surface area (Å²) in [5, 5.41) is 21.9. The number of nitrogens with one attached hydrogen (secondary N) is 1. The van der Waals surface area contributed by atoms with Gasteiger partial charge in [0, 0.05) is 11.5 Å². The molecule has 66 valence electrons. The van der Waals surface area contributed by atoms with E-state index in [-0.39, 0.29) is 10.9 Å². The standard InChI is InChI=1S/C7H8BrN2O2/c1-9-6-3-2-5(8)4-7(6)10(11)12/h2-4,9,11H,1H3/q-1. The Morgan fingerprint density at radius 3 is 2.75 bits per heavy atom. The fourth-order valence-corrected chi connectivity index (χ4v) is 1.22. The second-order valence-electron chi connectivity index (χ2n) is 2.18. The number of nitrogens with zero attached hydrogens (tertiary/aromatic N) is 1. The van der Waals surface area contributed by atoms with Crippen LogP contribution in [0.5, 0.6) is 0 Å². The average molecular weight is 232 g/mol. The first kappa shape index (κ1) is 9.31. The maximum absolute atomic E-state index is 10.6. The van der Waals surface area contributed by atoms with Crippen molar-refractivity contribution in [2.75, 3.05) is 17.6 Å². The van der Waals surface area contributed by atoms with E-state index in [0.29, 0.717) is 5.69 Å². The van der Waals surface area contributed by atoms with Gasteiger partial charge in [-0.15, -0.1) is 0 Å². The minimum atomic E-state index is -0.170. The topological polar surface area (TPSA) is 58.6 Å². The van der Waals surface area contributed by atoms with Gasteiger partial charge in [0.05, 0.1) is 11.4 Å². The molecule has 4 nitrogen and oxygen atoms in total. The van der Waals surface area contributed by atoms with E-state index in [1.54, 1.807) is 19.2 Å². The lowest BCUT2D eigenvalue weighted by Crippen LogP contribution is -2.09. The quantitative estimate of drug-likeness (QED) is 0.767. The Balaban J connectivity index is 3.12. The first-order valence-electron chi connectivity index (χ1n) is 3.28. The van der Waals surface area contributed by atoms with E-state index in [0.717, 1.165) is 4.47 Å². The molecule has 0 unspecified atom stereocenters. The van der Waals surface area contributed by atoms with E-state index in [2.05, 4.69) is 21.2 Å². The van der Waals surface area contributed by atoms with Crippen LogP contribution >= 0.6 is 15.9 Å². The van der Waals surface area contributed by atoms with Crippen molar-refractivity contribution in [2.45, 2.75) is 0 Å². The van der Waals surface area contributed by atoms with Crippen LogP contribution in [0.3, 0.4) is 0 Å². The van der Waals surface area contributed by atoms with E-state index < -0.39 is 0 Å².